The molecular formula is C74H144O17P2. The zero-order chi connectivity index (χ0) is 68.9. The minimum Gasteiger partial charge on any atom is -0.462 e. The van der Waals surface area contributed by atoms with Crippen LogP contribution >= 0.6 is 15.6 Å². The molecule has 0 aromatic rings. The summed E-state index contributed by atoms with van der Waals surface area (Å²) in [5.41, 5.74) is 0. The summed E-state index contributed by atoms with van der Waals surface area (Å²) in [4.78, 5) is 72.6. The fourth-order valence-electron chi connectivity index (χ4n) is 11.1. The van der Waals surface area contributed by atoms with Crippen LogP contribution in [-0.2, 0) is 65.4 Å². The molecule has 0 saturated carbocycles. The first-order valence-electron chi connectivity index (χ1n) is 38.3. The van der Waals surface area contributed by atoms with E-state index in [1.807, 2.05) is 0 Å². The van der Waals surface area contributed by atoms with E-state index in [1.165, 1.54) is 167 Å². The van der Waals surface area contributed by atoms with Gasteiger partial charge in [-0.3, -0.25) is 37.3 Å². The summed E-state index contributed by atoms with van der Waals surface area (Å²) < 4.78 is 68.3. The van der Waals surface area contributed by atoms with Crippen LogP contribution < -0.4 is 0 Å². The average molecular weight is 1370 g/mol. The largest absolute Gasteiger partial charge is 0.472 e. The zero-order valence-electron chi connectivity index (χ0n) is 60.9. The van der Waals surface area contributed by atoms with E-state index in [4.69, 9.17) is 37.0 Å². The molecule has 0 heterocycles. The monoisotopic (exact) mass is 1370 g/mol. The molecule has 3 N–H and O–H groups in total. The molecule has 0 spiro atoms. The van der Waals surface area contributed by atoms with Gasteiger partial charge in [0.15, 0.2) is 12.2 Å². The van der Waals surface area contributed by atoms with E-state index in [0.29, 0.717) is 31.6 Å². The van der Waals surface area contributed by atoms with Gasteiger partial charge in [-0.05, 0) is 49.4 Å². The minimum atomic E-state index is -4.95. The number of unbranched alkanes of at least 4 members (excludes halogenated alkanes) is 34. The van der Waals surface area contributed by atoms with Crippen LogP contribution in [0.1, 0.15) is 370 Å². The van der Waals surface area contributed by atoms with Crippen LogP contribution in [-0.4, -0.2) is 96.7 Å². The molecule has 8 atom stereocenters. The van der Waals surface area contributed by atoms with Gasteiger partial charge < -0.3 is 33.8 Å². The van der Waals surface area contributed by atoms with Gasteiger partial charge in [-0.2, -0.15) is 0 Å². The molecular weight excluding hydrogens is 1220 g/mol. The van der Waals surface area contributed by atoms with Crippen molar-refractivity contribution < 1.29 is 80.2 Å². The summed E-state index contributed by atoms with van der Waals surface area (Å²) in [5.74, 6) is 0.918. The van der Waals surface area contributed by atoms with Crippen LogP contribution in [0.2, 0.25) is 0 Å². The summed E-state index contributed by atoms with van der Waals surface area (Å²) in [6.45, 7) is 14.1. The number of phosphoric ester groups is 2. The van der Waals surface area contributed by atoms with Crippen LogP contribution in [0.25, 0.3) is 0 Å². The van der Waals surface area contributed by atoms with Crippen molar-refractivity contribution in [2.45, 2.75) is 388 Å². The van der Waals surface area contributed by atoms with Gasteiger partial charge in [0.25, 0.3) is 0 Å². The summed E-state index contributed by atoms with van der Waals surface area (Å²) in [5, 5.41) is 10.6. The average Bonchev–Trinajstić information content (AvgIpc) is 1.95. The highest BCUT2D eigenvalue weighted by Crippen LogP contribution is 2.45. The fraction of sp³-hybridized carbons (Fsp3) is 0.946. The predicted molar refractivity (Wildman–Crippen MR) is 377 cm³/mol. The van der Waals surface area contributed by atoms with E-state index in [1.54, 1.807) is 0 Å². The molecule has 0 radical (unpaired) electrons. The molecule has 17 nitrogen and oxygen atoms in total. The number of rotatable bonds is 71. The number of aliphatic hydroxyl groups excluding tert-OH is 1. The van der Waals surface area contributed by atoms with E-state index >= 15 is 0 Å². The molecule has 0 amide bonds. The normalized spacial score (nSPS) is 15.1. The van der Waals surface area contributed by atoms with E-state index in [9.17, 15) is 43.2 Å². The van der Waals surface area contributed by atoms with Crippen molar-refractivity contribution in [3.05, 3.63) is 0 Å². The second-order valence-corrected chi connectivity index (χ2v) is 30.8. The first kappa shape index (κ1) is 91.1. The van der Waals surface area contributed by atoms with Crippen molar-refractivity contribution in [3.63, 3.8) is 0 Å². The van der Waals surface area contributed by atoms with Gasteiger partial charge in [0.1, 0.15) is 19.3 Å². The summed E-state index contributed by atoms with van der Waals surface area (Å²) in [6.07, 6.45) is 47.5. The lowest BCUT2D eigenvalue weighted by Gasteiger charge is -2.21. The molecule has 0 rings (SSSR count). The molecule has 0 aliphatic rings. The Morgan fingerprint density at radius 2 is 0.516 bits per heavy atom. The topological polar surface area (TPSA) is 237 Å². The van der Waals surface area contributed by atoms with Crippen molar-refractivity contribution >= 4 is 39.5 Å². The molecule has 93 heavy (non-hydrogen) atoms. The Morgan fingerprint density at radius 1 is 0.301 bits per heavy atom. The van der Waals surface area contributed by atoms with Gasteiger partial charge in [-0.15, -0.1) is 0 Å². The highest BCUT2D eigenvalue weighted by Gasteiger charge is 2.30. The van der Waals surface area contributed by atoms with Gasteiger partial charge in [-0.25, -0.2) is 9.13 Å². The lowest BCUT2D eigenvalue weighted by atomic mass is 9.99. The van der Waals surface area contributed by atoms with Gasteiger partial charge >= 0.3 is 39.5 Å². The molecule has 0 saturated heterocycles. The Hall–Kier alpha value is -1.94. The highest BCUT2D eigenvalue weighted by atomic mass is 31.2. The van der Waals surface area contributed by atoms with Crippen LogP contribution in [0.15, 0.2) is 0 Å². The lowest BCUT2D eigenvalue weighted by Crippen LogP contribution is -2.30. The third-order valence-corrected chi connectivity index (χ3v) is 20.1. The first-order valence-corrected chi connectivity index (χ1v) is 41.3. The predicted octanol–water partition coefficient (Wildman–Crippen LogP) is 21.3. The second-order valence-electron chi connectivity index (χ2n) is 27.9. The van der Waals surface area contributed by atoms with Crippen LogP contribution in [0, 0.1) is 23.7 Å². The van der Waals surface area contributed by atoms with Gasteiger partial charge in [-0.1, -0.05) is 319 Å². The maximum Gasteiger partial charge on any atom is 0.472 e. The van der Waals surface area contributed by atoms with Crippen LogP contribution in [0.3, 0.4) is 0 Å². The molecule has 0 aromatic heterocycles. The number of aliphatic hydroxyl groups is 1. The summed E-state index contributed by atoms with van der Waals surface area (Å²) >= 11 is 0. The fourth-order valence-corrected chi connectivity index (χ4v) is 12.7. The molecule has 0 aliphatic heterocycles. The maximum atomic E-state index is 13.0. The van der Waals surface area contributed by atoms with E-state index < -0.39 is 97.5 Å². The smallest absolute Gasteiger partial charge is 0.462 e. The number of hydrogen-bond donors (Lipinski definition) is 3. The van der Waals surface area contributed by atoms with Crippen molar-refractivity contribution in [2.75, 3.05) is 39.6 Å². The number of esters is 4. The molecule has 0 aliphatic carbocycles. The molecule has 5 unspecified atom stereocenters. The third kappa shape index (κ3) is 64.5. The van der Waals surface area contributed by atoms with Crippen molar-refractivity contribution in [1.29, 1.82) is 0 Å². The van der Waals surface area contributed by atoms with E-state index in [-0.39, 0.29) is 25.7 Å². The Kier molecular flexibility index (Phi) is 62.2. The Balaban J connectivity index is 5.15. The Labute approximate surface area is 568 Å². The highest BCUT2D eigenvalue weighted by molar-refractivity contribution is 7.47. The summed E-state index contributed by atoms with van der Waals surface area (Å²) in [7, 11) is -9.91. The van der Waals surface area contributed by atoms with Gasteiger partial charge in [0.2, 0.25) is 0 Å². The van der Waals surface area contributed by atoms with Crippen molar-refractivity contribution in [2.24, 2.45) is 23.7 Å². The quantitative estimate of drug-likeness (QED) is 0.0222. The summed E-state index contributed by atoms with van der Waals surface area (Å²) in [6, 6.07) is 0. The standard InChI is InChI=1S/C74H144O17P2/c1-9-65(6)51-43-35-26-22-20-18-16-14-12-13-15-17-19-21-23-29-40-48-56-73(78)90-69(61-85-72(77)55-47-39-33-31-37-45-53-67(8)11-3)62-88-92(80,81)86-58-68(75)59-87-93(82,83)89-63-70(91-74(79)57-49-41-32-30-34-42-50-64(4)5)60-84-71(76)54-46-38-28-25-24-27-36-44-52-66(7)10-2/h64-70,75H,9-63H2,1-8H3,(H,80,81)(H,82,83)/t65?,66?,67?,68-,69+,70+/m0/s1. The molecule has 0 aromatic carbocycles. The second kappa shape index (κ2) is 63.5. The molecule has 19 heteroatoms. The van der Waals surface area contributed by atoms with E-state index in [0.717, 1.165) is 114 Å². The van der Waals surface area contributed by atoms with E-state index in [2.05, 4.69) is 55.4 Å². The Morgan fingerprint density at radius 3 is 0.763 bits per heavy atom. The molecule has 0 bridgehead atoms. The van der Waals surface area contributed by atoms with Crippen LogP contribution in [0.4, 0.5) is 0 Å². The lowest BCUT2D eigenvalue weighted by molar-refractivity contribution is -0.161. The van der Waals surface area contributed by atoms with Gasteiger partial charge in [0, 0.05) is 25.7 Å². The number of carbonyl (C=O) groups is 4. The van der Waals surface area contributed by atoms with Gasteiger partial charge in [0.05, 0.1) is 26.4 Å². The number of carbonyl (C=O) groups excluding carboxylic acids is 4. The molecule has 0 fully saturated rings. The van der Waals surface area contributed by atoms with Crippen LogP contribution in [0.5, 0.6) is 0 Å². The number of phosphoric acid groups is 2. The first-order chi connectivity index (χ1) is 44.7. The number of ether oxygens (including phenoxy) is 4. The minimum absolute atomic E-state index is 0.101. The molecule has 552 valence electrons. The number of hydrogen-bond acceptors (Lipinski definition) is 15. The zero-order valence-corrected chi connectivity index (χ0v) is 62.7. The van der Waals surface area contributed by atoms with Crippen molar-refractivity contribution in [1.82, 2.24) is 0 Å². The van der Waals surface area contributed by atoms with Crippen molar-refractivity contribution in [3.8, 4) is 0 Å². The maximum absolute atomic E-state index is 13.0. The Bertz CT molecular complexity index is 1840. The SMILES string of the molecule is CCC(C)CCCCCCCCCCCCCCCCCCCCC(=O)O[C@H](COC(=O)CCCCCCCCC(C)CC)COP(=O)(O)OC[C@H](O)COP(=O)(O)OC[C@@H](COC(=O)CCCCCCCCCCC(C)CC)OC(=O)CCCCCCCCC(C)C. The third-order valence-electron chi connectivity index (χ3n) is 18.2.